The fourth-order valence-electron chi connectivity index (χ4n) is 4.80. The number of aryl methyl sites for hydroxylation is 1. The Kier molecular flexibility index (Phi) is 7.20. The molecule has 2 fully saturated rings. The van der Waals surface area contributed by atoms with Gasteiger partial charge in [-0.2, -0.15) is 9.59 Å². The molecular weight excluding hydrogens is 416 g/mol. The van der Waals surface area contributed by atoms with Crippen LogP contribution in [-0.2, 0) is 22.4 Å². The Bertz CT molecular complexity index is 1180. The summed E-state index contributed by atoms with van der Waals surface area (Å²) in [5, 5.41) is 0. The lowest BCUT2D eigenvalue weighted by atomic mass is 9.97. The molecule has 170 valence electrons. The smallest absolute Gasteiger partial charge is 0.282 e. The largest absolute Gasteiger partial charge is 0.373 e. The van der Waals surface area contributed by atoms with Gasteiger partial charge in [0.1, 0.15) is 5.82 Å². The SMILES string of the molecule is Cc1cc(C[C@H]2CC[C@H](Cc3ncc(C4CC4)cn3)C2)ncc1-n1ccccc1=O.O=C=O. The van der Waals surface area contributed by atoms with Gasteiger partial charge in [-0.3, -0.25) is 14.3 Å². The van der Waals surface area contributed by atoms with Crippen molar-refractivity contribution in [1.82, 2.24) is 19.5 Å². The average Bonchev–Trinajstić information content (AvgIpc) is 3.57. The monoisotopic (exact) mass is 444 g/mol. The predicted molar refractivity (Wildman–Crippen MR) is 122 cm³/mol. The molecule has 33 heavy (non-hydrogen) atoms. The molecule has 0 radical (unpaired) electrons. The Labute approximate surface area is 192 Å². The summed E-state index contributed by atoms with van der Waals surface area (Å²) in [6.07, 6.45) is 16.3. The summed E-state index contributed by atoms with van der Waals surface area (Å²) >= 11 is 0. The van der Waals surface area contributed by atoms with Crippen molar-refractivity contribution in [2.45, 2.75) is 57.8 Å². The van der Waals surface area contributed by atoms with Gasteiger partial charge in [0.15, 0.2) is 0 Å². The highest BCUT2D eigenvalue weighted by atomic mass is 16.2. The minimum absolute atomic E-state index is 0.0267. The molecule has 2 aliphatic rings. The summed E-state index contributed by atoms with van der Waals surface area (Å²) < 4.78 is 1.66. The third kappa shape index (κ3) is 5.88. The van der Waals surface area contributed by atoms with Gasteiger partial charge < -0.3 is 0 Å². The van der Waals surface area contributed by atoms with Gasteiger partial charge in [0.2, 0.25) is 0 Å². The van der Waals surface area contributed by atoms with Gasteiger partial charge >= 0.3 is 6.15 Å². The second kappa shape index (κ2) is 10.5. The van der Waals surface area contributed by atoms with Crippen LogP contribution in [0.15, 0.2) is 53.8 Å². The van der Waals surface area contributed by atoms with Crippen LogP contribution in [0.5, 0.6) is 0 Å². The molecule has 3 aromatic heterocycles. The highest BCUT2D eigenvalue weighted by molar-refractivity contribution is 5.39. The highest BCUT2D eigenvalue weighted by Crippen LogP contribution is 2.39. The first-order valence-corrected chi connectivity index (χ1v) is 11.5. The van der Waals surface area contributed by atoms with E-state index in [0.29, 0.717) is 11.8 Å². The van der Waals surface area contributed by atoms with Gasteiger partial charge in [-0.05, 0) is 86.5 Å². The van der Waals surface area contributed by atoms with E-state index in [0.717, 1.165) is 41.5 Å². The van der Waals surface area contributed by atoms with E-state index in [9.17, 15) is 4.79 Å². The van der Waals surface area contributed by atoms with E-state index >= 15 is 0 Å². The molecule has 0 aliphatic heterocycles. The van der Waals surface area contributed by atoms with Crippen molar-refractivity contribution in [2.75, 3.05) is 0 Å². The number of pyridine rings is 2. The molecule has 2 atom stereocenters. The number of nitrogens with zero attached hydrogens (tertiary/aromatic N) is 4. The first-order chi connectivity index (χ1) is 16.1. The predicted octanol–water partition coefficient (Wildman–Crippen LogP) is 3.83. The maximum absolute atomic E-state index is 12.1. The molecule has 0 saturated heterocycles. The van der Waals surface area contributed by atoms with Crippen molar-refractivity contribution in [1.29, 1.82) is 0 Å². The number of rotatable bonds is 6. The van der Waals surface area contributed by atoms with Crippen LogP contribution in [0, 0.1) is 18.8 Å². The van der Waals surface area contributed by atoms with Crippen molar-refractivity contribution >= 4 is 6.15 Å². The first-order valence-electron chi connectivity index (χ1n) is 11.5. The first kappa shape index (κ1) is 22.7. The van der Waals surface area contributed by atoms with Crippen LogP contribution in [0.3, 0.4) is 0 Å². The second-order valence-electron chi connectivity index (χ2n) is 9.11. The second-order valence-corrected chi connectivity index (χ2v) is 9.11. The van der Waals surface area contributed by atoms with Crippen molar-refractivity contribution in [3.8, 4) is 5.69 Å². The van der Waals surface area contributed by atoms with Crippen LogP contribution in [0.1, 0.15) is 60.7 Å². The van der Waals surface area contributed by atoms with E-state index in [2.05, 4.69) is 27.9 Å². The third-order valence-corrected chi connectivity index (χ3v) is 6.61. The van der Waals surface area contributed by atoms with Gasteiger partial charge in [-0.1, -0.05) is 6.07 Å². The highest BCUT2D eigenvalue weighted by Gasteiger charge is 2.27. The molecule has 7 nitrogen and oxygen atoms in total. The number of carbonyl (C=O) groups excluding carboxylic acids is 2. The molecule has 0 unspecified atom stereocenters. The Morgan fingerprint density at radius 1 is 0.970 bits per heavy atom. The lowest BCUT2D eigenvalue weighted by molar-refractivity contribution is -0.191. The summed E-state index contributed by atoms with van der Waals surface area (Å²) in [5.74, 6) is 3.05. The lowest BCUT2D eigenvalue weighted by Gasteiger charge is -2.13. The Balaban J connectivity index is 0.000000821. The Morgan fingerprint density at radius 2 is 1.67 bits per heavy atom. The fraction of sp³-hybridized carbons (Fsp3) is 0.423. The van der Waals surface area contributed by atoms with E-state index in [-0.39, 0.29) is 11.7 Å². The molecular formula is C26H28N4O3. The average molecular weight is 445 g/mol. The molecule has 0 N–H and O–H groups in total. The van der Waals surface area contributed by atoms with Crippen molar-refractivity contribution in [2.24, 2.45) is 11.8 Å². The zero-order valence-corrected chi connectivity index (χ0v) is 18.8. The minimum Gasteiger partial charge on any atom is -0.282 e. The van der Waals surface area contributed by atoms with E-state index < -0.39 is 0 Å². The molecule has 2 saturated carbocycles. The molecule has 0 spiro atoms. The van der Waals surface area contributed by atoms with Crippen molar-refractivity contribution in [3.05, 3.63) is 82.1 Å². The summed E-state index contributed by atoms with van der Waals surface area (Å²) in [6.45, 7) is 2.06. The molecule has 5 rings (SSSR count). The molecule has 3 heterocycles. The van der Waals surface area contributed by atoms with Crippen LogP contribution in [0.4, 0.5) is 0 Å². The van der Waals surface area contributed by atoms with Crippen LogP contribution in [0.2, 0.25) is 0 Å². The van der Waals surface area contributed by atoms with Gasteiger partial charge in [-0.25, -0.2) is 9.97 Å². The summed E-state index contributed by atoms with van der Waals surface area (Å²) in [7, 11) is 0. The summed E-state index contributed by atoms with van der Waals surface area (Å²) in [4.78, 5) is 42.3. The van der Waals surface area contributed by atoms with E-state index in [4.69, 9.17) is 9.59 Å². The van der Waals surface area contributed by atoms with E-state index in [1.807, 2.05) is 24.7 Å². The van der Waals surface area contributed by atoms with E-state index in [1.165, 1.54) is 37.7 Å². The standard InChI is InChI=1S/C25H28N4O.CO2/c1-17-10-22(26-16-23(17)29-9-3-2-4-25(29)30)12-18-5-6-19(11-18)13-24-27-14-21(15-28-24)20-7-8-20;2-1-3/h2-4,9-10,14-16,18-20H,5-8,11-13H2,1H3;/t18-,19-;/m0./s1. The zero-order chi connectivity index (χ0) is 23.2. The van der Waals surface area contributed by atoms with Crippen LogP contribution >= 0.6 is 0 Å². The molecule has 3 aromatic rings. The zero-order valence-electron chi connectivity index (χ0n) is 18.8. The van der Waals surface area contributed by atoms with Crippen molar-refractivity contribution in [3.63, 3.8) is 0 Å². The molecule has 0 bridgehead atoms. The number of hydrogen-bond donors (Lipinski definition) is 0. The van der Waals surface area contributed by atoms with Crippen molar-refractivity contribution < 1.29 is 9.59 Å². The van der Waals surface area contributed by atoms with Gasteiger partial charge in [-0.15, -0.1) is 0 Å². The molecule has 7 heteroatoms. The van der Waals surface area contributed by atoms with Gasteiger partial charge in [0, 0.05) is 36.8 Å². The van der Waals surface area contributed by atoms with Crippen LogP contribution < -0.4 is 5.56 Å². The maximum Gasteiger partial charge on any atom is 0.373 e. The van der Waals surface area contributed by atoms with Gasteiger partial charge in [0.05, 0.1) is 11.9 Å². The fourth-order valence-corrected chi connectivity index (χ4v) is 4.80. The molecule has 2 aliphatic carbocycles. The Hall–Kier alpha value is -3.44. The quantitative estimate of drug-likeness (QED) is 0.574. The normalized spacial score (nSPS) is 19.4. The van der Waals surface area contributed by atoms with Gasteiger partial charge in [0.25, 0.3) is 5.56 Å². The summed E-state index contributed by atoms with van der Waals surface area (Å²) in [6, 6.07) is 7.35. The van der Waals surface area contributed by atoms with Crippen LogP contribution in [-0.4, -0.2) is 25.7 Å². The molecule has 0 aromatic carbocycles. The molecule has 0 amide bonds. The number of hydrogen-bond acceptors (Lipinski definition) is 6. The van der Waals surface area contributed by atoms with Crippen LogP contribution in [0.25, 0.3) is 5.69 Å². The minimum atomic E-state index is -0.0267. The maximum atomic E-state index is 12.1. The lowest BCUT2D eigenvalue weighted by Crippen LogP contribution is -2.17. The summed E-state index contributed by atoms with van der Waals surface area (Å²) in [5.41, 5.74) is 4.36. The number of aromatic nitrogens is 4. The van der Waals surface area contributed by atoms with E-state index in [1.54, 1.807) is 22.9 Å². The Morgan fingerprint density at radius 3 is 2.30 bits per heavy atom. The third-order valence-electron chi connectivity index (χ3n) is 6.61. The topological polar surface area (TPSA) is 94.8 Å².